The van der Waals surface area contributed by atoms with E-state index < -0.39 is 0 Å². The Morgan fingerprint density at radius 2 is 2.10 bits per heavy atom. The van der Waals surface area contributed by atoms with Crippen molar-refractivity contribution >= 4 is 38.4 Å². The molecule has 1 amide bonds. The van der Waals surface area contributed by atoms with Crippen LogP contribution in [0, 0.1) is 0 Å². The van der Waals surface area contributed by atoms with E-state index in [2.05, 4.69) is 25.6 Å². The summed E-state index contributed by atoms with van der Waals surface area (Å²) in [5.41, 5.74) is 1.13. The lowest BCUT2D eigenvalue weighted by atomic mass is 10.3. The van der Waals surface area contributed by atoms with Crippen LogP contribution >= 0.6 is 11.3 Å². The van der Waals surface area contributed by atoms with Gasteiger partial charge in [-0.05, 0) is 19.1 Å². The second-order valence-electron chi connectivity index (χ2n) is 4.26. The highest BCUT2D eigenvalue weighted by Crippen LogP contribution is 2.25. The van der Waals surface area contributed by atoms with Crippen LogP contribution in [0.1, 0.15) is 17.4 Å². The molecule has 0 atom stereocenters. The molecular formula is C14H13N5OS. The lowest BCUT2D eigenvalue weighted by Crippen LogP contribution is -2.14. The summed E-state index contributed by atoms with van der Waals surface area (Å²) >= 11 is 1.43. The number of rotatable bonds is 4. The summed E-state index contributed by atoms with van der Waals surface area (Å²) in [6, 6.07) is 7.73. The van der Waals surface area contributed by atoms with Crippen LogP contribution in [0.15, 0.2) is 36.7 Å². The number of hydrogen-bond acceptors (Lipinski definition) is 6. The molecule has 0 aliphatic carbocycles. The van der Waals surface area contributed by atoms with Crippen molar-refractivity contribution in [2.75, 3.05) is 17.2 Å². The zero-order chi connectivity index (χ0) is 14.7. The Balaban J connectivity index is 1.76. The zero-order valence-corrected chi connectivity index (χ0v) is 12.1. The fourth-order valence-electron chi connectivity index (χ4n) is 1.80. The van der Waals surface area contributed by atoms with Gasteiger partial charge in [0.1, 0.15) is 11.5 Å². The van der Waals surface area contributed by atoms with E-state index in [4.69, 9.17) is 0 Å². The number of amides is 1. The number of carbonyl (C=O) groups excluding carboxylic acids is 1. The Bertz CT molecular complexity index is 735. The number of carbonyl (C=O) groups is 1. The highest BCUT2D eigenvalue weighted by Gasteiger charge is 2.11. The van der Waals surface area contributed by atoms with Gasteiger partial charge in [-0.25, -0.2) is 15.0 Å². The molecule has 0 bridgehead atoms. The van der Waals surface area contributed by atoms with Gasteiger partial charge in [0.25, 0.3) is 5.91 Å². The Labute approximate surface area is 125 Å². The molecule has 2 N–H and O–H groups in total. The summed E-state index contributed by atoms with van der Waals surface area (Å²) in [6.45, 7) is 2.72. The molecule has 0 aliphatic rings. The predicted molar refractivity (Wildman–Crippen MR) is 83.8 cm³/mol. The maximum Gasteiger partial charge on any atom is 0.277 e. The third-order valence-corrected chi connectivity index (χ3v) is 3.71. The number of nitrogens with one attached hydrogen (secondary N) is 2. The molecule has 0 radical (unpaired) electrons. The minimum atomic E-state index is -0.315. The van der Waals surface area contributed by atoms with Gasteiger partial charge in [0.15, 0.2) is 5.13 Å². The first kappa shape index (κ1) is 13.4. The first-order chi connectivity index (χ1) is 10.3. The first-order valence-corrected chi connectivity index (χ1v) is 7.31. The minimum absolute atomic E-state index is 0.260. The zero-order valence-electron chi connectivity index (χ0n) is 11.3. The predicted octanol–water partition coefficient (Wildman–Crippen LogP) is 2.77. The molecule has 3 rings (SSSR count). The van der Waals surface area contributed by atoms with E-state index in [1.807, 2.05) is 31.2 Å². The number of nitrogens with zero attached hydrogens (tertiary/aromatic N) is 3. The monoisotopic (exact) mass is 299 g/mol. The second-order valence-corrected chi connectivity index (χ2v) is 5.29. The summed E-state index contributed by atoms with van der Waals surface area (Å²) in [7, 11) is 0. The van der Waals surface area contributed by atoms with E-state index in [0.717, 1.165) is 16.8 Å². The van der Waals surface area contributed by atoms with E-state index >= 15 is 0 Å². The highest BCUT2D eigenvalue weighted by atomic mass is 32.1. The van der Waals surface area contributed by atoms with Gasteiger partial charge in [0.05, 0.1) is 22.6 Å². The van der Waals surface area contributed by atoms with Crippen molar-refractivity contribution in [1.82, 2.24) is 15.0 Å². The molecule has 0 aliphatic heterocycles. The van der Waals surface area contributed by atoms with Gasteiger partial charge in [0.2, 0.25) is 0 Å². The van der Waals surface area contributed by atoms with Crippen LogP contribution in [-0.2, 0) is 0 Å². The van der Waals surface area contributed by atoms with Crippen LogP contribution in [-0.4, -0.2) is 27.4 Å². The minimum Gasteiger partial charge on any atom is -0.369 e. The first-order valence-electron chi connectivity index (χ1n) is 6.49. The summed E-state index contributed by atoms with van der Waals surface area (Å²) in [5, 5.41) is 6.32. The largest absolute Gasteiger partial charge is 0.369 e. The average molecular weight is 299 g/mol. The van der Waals surface area contributed by atoms with Crippen LogP contribution in [0.3, 0.4) is 0 Å². The normalized spacial score (nSPS) is 10.5. The molecule has 21 heavy (non-hydrogen) atoms. The standard InChI is InChI=1S/C14H13N5OS/c1-2-15-12-8-16-10(7-17-12)13(20)19-14-18-9-5-3-4-6-11(9)21-14/h3-8H,2H2,1H3,(H,15,17)(H,18,19,20). The van der Waals surface area contributed by atoms with E-state index in [1.54, 1.807) is 0 Å². The summed E-state index contributed by atoms with van der Waals surface area (Å²) in [4.78, 5) is 24.7. The summed E-state index contributed by atoms with van der Waals surface area (Å²) in [5.74, 6) is 0.332. The molecule has 3 aromatic rings. The van der Waals surface area contributed by atoms with Crippen molar-refractivity contribution in [3.8, 4) is 0 Å². The summed E-state index contributed by atoms with van der Waals surface area (Å²) in [6.07, 6.45) is 2.98. The molecule has 0 spiro atoms. The van der Waals surface area contributed by atoms with E-state index in [0.29, 0.717) is 10.9 Å². The van der Waals surface area contributed by atoms with Crippen LogP contribution in [0.2, 0.25) is 0 Å². The maximum atomic E-state index is 12.1. The molecule has 0 saturated carbocycles. The van der Waals surface area contributed by atoms with Crippen molar-refractivity contribution in [3.05, 3.63) is 42.4 Å². The van der Waals surface area contributed by atoms with Crippen LogP contribution in [0.25, 0.3) is 10.2 Å². The van der Waals surface area contributed by atoms with Gasteiger partial charge in [-0.2, -0.15) is 0 Å². The molecule has 0 fully saturated rings. The van der Waals surface area contributed by atoms with Crippen molar-refractivity contribution in [2.24, 2.45) is 0 Å². The van der Waals surface area contributed by atoms with Gasteiger partial charge < -0.3 is 5.32 Å². The van der Waals surface area contributed by atoms with Crippen molar-refractivity contribution in [2.45, 2.75) is 6.92 Å². The molecule has 6 nitrogen and oxygen atoms in total. The van der Waals surface area contributed by atoms with Crippen molar-refractivity contribution in [1.29, 1.82) is 0 Å². The lowest BCUT2D eigenvalue weighted by molar-refractivity contribution is 0.102. The Hall–Kier alpha value is -2.54. The maximum absolute atomic E-state index is 12.1. The molecule has 106 valence electrons. The van der Waals surface area contributed by atoms with Gasteiger partial charge in [-0.15, -0.1) is 0 Å². The van der Waals surface area contributed by atoms with Crippen LogP contribution in [0.5, 0.6) is 0 Å². The number of anilines is 2. The highest BCUT2D eigenvalue weighted by molar-refractivity contribution is 7.22. The smallest absolute Gasteiger partial charge is 0.277 e. The number of hydrogen-bond donors (Lipinski definition) is 2. The number of thiazole rings is 1. The van der Waals surface area contributed by atoms with Gasteiger partial charge >= 0.3 is 0 Å². The Kier molecular flexibility index (Phi) is 3.74. The molecule has 0 saturated heterocycles. The number of fused-ring (bicyclic) bond motifs is 1. The van der Waals surface area contributed by atoms with E-state index in [1.165, 1.54) is 23.7 Å². The third-order valence-electron chi connectivity index (χ3n) is 2.76. The molecule has 2 heterocycles. The Morgan fingerprint density at radius 1 is 1.24 bits per heavy atom. The number of para-hydroxylation sites is 1. The Morgan fingerprint density at radius 3 is 2.81 bits per heavy atom. The van der Waals surface area contributed by atoms with Gasteiger partial charge in [-0.3, -0.25) is 10.1 Å². The van der Waals surface area contributed by atoms with Crippen LogP contribution < -0.4 is 10.6 Å². The molecule has 0 unspecified atom stereocenters. The topological polar surface area (TPSA) is 79.8 Å². The number of aromatic nitrogens is 3. The van der Waals surface area contributed by atoms with Crippen molar-refractivity contribution < 1.29 is 4.79 Å². The molecule has 1 aromatic carbocycles. The van der Waals surface area contributed by atoms with Gasteiger partial charge in [0, 0.05) is 6.54 Å². The lowest BCUT2D eigenvalue weighted by Gasteiger charge is -2.03. The fourth-order valence-corrected chi connectivity index (χ4v) is 2.67. The second kappa shape index (κ2) is 5.84. The third kappa shape index (κ3) is 2.97. The fraction of sp³-hybridized carbons (Fsp3) is 0.143. The van der Waals surface area contributed by atoms with Crippen molar-refractivity contribution in [3.63, 3.8) is 0 Å². The summed E-state index contributed by atoms with van der Waals surface area (Å²) < 4.78 is 1.03. The number of benzene rings is 1. The quantitative estimate of drug-likeness (QED) is 0.774. The van der Waals surface area contributed by atoms with E-state index in [-0.39, 0.29) is 11.6 Å². The van der Waals surface area contributed by atoms with Gasteiger partial charge in [-0.1, -0.05) is 23.5 Å². The molecule has 2 aromatic heterocycles. The van der Waals surface area contributed by atoms with E-state index in [9.17, 15) is 4.79 Å². The molecular weight excluding hydrogens is 286 g/mol. The van der Waals surface area contributed by atoms with Crippen LogP contribution in [0.4, 0.5) is 10.9 Å². The SMILES string of the molecule is CCNc1cnc(C(=O)Nc2nc3ccccc3s2)cn1. The molecule has 7 heteroatoms. The average Bonchev–Trinajstić information content (AvgIpc) is 2.90.